The first-order valence-corrected chi connectivity index (χ1v) is 8.05. The molecule has 0 radical (unpaired) electrons. The van der Waals surface area contributed by atoms with Crippen molar-refractivity contribution < 1.29 is 9.53 Å². The maximum atomic E-state index is 11.7. The fourth-order valence-electron chi connectivity index (χ4n) is 2.41. The molecule has 0 amide bonds. The van der Waals surface area contributed by atoms with Crippen molar-refractivity contribution in [2.24, 2.45) is 0 Å². The highest BCUT2D eigenvalue weighted by Crippen LogP contribution is 2.31. The molecule has 0 aliphatic carbocycles. The number of hydrogen-bond acceptors (Lipinski definition) is 5. The van der Waals surface area contributed by atoms with Gasteiger partial charge in [-0.25, -0.2) is 4.79 Å². The molecule has 1 heterocycles. The van der Waals surface area contributed by atoms with Gasteiger partial charge in [0.2, 0.25) is 0 Å². The van der Waals surface area contributed by atoms with E-state index in [1.54, 1.807) is 0 Å². The Morgan fingerprint density at radius 1 is 1.25 bits per heavy atom. The van der Waals surface area contributed by atoms with E-state index in [2.05, 4.69) is 18.7 Å². The van der Waals surface area contributed by atoms with Crippen LogP contribution in [-0.4, -0.2) is 37.6 Å². The standard InChI is InChI=1S/C15H26N2O2S/c1-5-8-17(9-6-2)10-7-12-11(3)13(14(16)20-12)15(18)19-4/h5-10,16H2,1-4H3. The minimum atomic E-state index is -0.332. The molecule has 0 saturated heterocycles. The number of nitrogens with zero attached hydrogens (tertiary/aromatic N) is 1. The molecule has 0 fully saturated rings. The van der Waals surface area contributed by atoms with Gasteiger partial charge < -0.3 is 15.4 Å². The lowest BCUT2D eigenvalue weighted by molar-refractivity contribution is 0.0601. The summed E-state index contributed by atoms with van der Waals surface area (Å²) in [5, 5.41) is 0.571. The van der Waals surface area contributed by atoms with E-state index in [-0.39, 0.29) is 5.97 Å². The van der Waals surface area contributed by atoms with Crippen LogP contribution in [0.3, 0.4) is 0 Å². The number of rotatable bonds is 8. The molecule has 0 atom stereocenters. The summed E-state index contributed by atoms with van der Waals surface area (Å²) in [6.45, 7) is 9.62. The van der Waals surface area contributed by atoms with Crippen LogP contribution in [0.5, 0.6) is 0 Å². The van der Waals surface area contributed by atoms with Gasteiger partial charge in [-0.1, -0.05) is 13.8 Å². The van der Waals surface area contributed by atoms with E-state index in [0.29, 0.717) is 10.6 Å². The van der Waals surface area contributed by atoms with Gasteiger partial charge in [-0.3, -0.25) is 0 Å². The number of anilines is 1. The van der Waals surface area contributed by atoms with Crippen LogP contribution < -0.4 is 5.73 Å². The lowest BCUT2D eigenvalue weighted by Crippen LogP contribution is -2.27. The molecule has 5 heteroatoms. The number of methoxy groups -OCH3 is 1. The van der Waals surface area contributed by atoms with Crippen LogP contribution in [0.2, 0.25) is 0 Å². The second-order valence-electron chi connectivity index (χ2n) is 4.97. The summed E-state index contributed by atoms with van der Waals surface area (Å²) in [6, 6.07) is 0. The summed E-state index contributed by atoms with van der Waals surface area (Å²) < 4.78 is 4.79. The Labute approximate surface area is 125 Å². The summed E-state index contributed by atoms with van der Waals surface area (Å²) in [5.41, 5.74) is 7.47. The molecule has 1 rings (SSSR count). The first-order valence-electron chi connectivity index (χ1n) is 7.23. The SMILES string of the molecule is CCCN(CCC)CCc1sc(N)c(C(=O)OC)c1C. The number of ether oxygens (including phenoxy) is 1. The highest BCUT2D eigenvalue weighted by atomic mass is 32.1. The van der Waals surface area contributed by atoms with E-state index < -0.39 is 0 Å². The number of nitrogen functional groups attached to an aromatic ring is 1. The van der Waals surface area contributed by atoms with E-state index >= 15 is 0 Å². The van der Waals surface area contributed by atoms with Crippen molar-refractivity contribution in [2.75, 3.05) is 32.5 Å². The minimum Gasteiger partial charge on any atom is -0.465 e. The maximum Gasteiger partial charge on any atom is 0.341 e. The molecule has 0 saturated carbocycles. The molecular weight excluding hydrogens is 272 g/mol. The lowest BCUT2D eigenvalue weighted by Gasteiger charge is -2.20. The number of hydrogen-bond donors (Lipinski definition) is 1. The Balaban J connectivity index is 2.75. The quantitative estimate of drug-likeness (QED) is 0.749. The predicted octanol–water partition coefficient (Wildman–Crippen LogP) is 3.09. The molecule has 2 N–H and O–H groups in total. The highest BCUT2D eigenvalue weighted by molar-refractivity contribution is 7.16. The summed E-state index contributed by atoms with van der Waals surface area (Å²) >= 11 is 1.51. The van der Waals surface area contributed by atoms with Crippen LogP contribution in [0, 0.1) is 6.92 Å². The molecule has 1 aromatic heterocycles. The van der Waals surface area contributed by atoms with E-state index in [1.165, 1.54) is 36.2 Å². The van der Waals surface area contributed by atoms with Crippen LogP contribution in [-0.2, 0) is 11.2 Å². The smallest absolute Gasteiger partial charge is 0.341 e. The van der Waals surface area contributed by atoms with Gasteiger partial charge >= 0.3 is 5.97 Å². The van der Waals surface area contributed by atoms with Crippen LogP contribution in [0.1, 0.15) is 47.5 Å². The fourth-order valence-corrected chi connectivity index (χ4v) is 3.46. The minimum absolute atomic E-state index is 0.332. The van der Waals surface area contributed by atoms with Crippen LogP contribution >= 0.6 is 11.3 Å². The maximum absolute atomic E-state index is 11.7. The summed E-state index contributed by atoms with van der Waals surface area (Å²) in [7, 11) is 1.39. The van der Waals surface area contributed by atoms with Crippen molar-refractivity contribution in [1.82, 2.24) is 4.90 Å². The summed E-state index contributed by atoms with van der Waals surface area (Å²) in [4.78, 5) is 15.4. The van der Waals surface area contributed by atoms with Crippen LogP contribution in [0.25, 0.3) is 0 Å². The molecule has 0 aliphatic rings. The third-order valence-corrected chi connectivity index (χ3v) is 4.58. The van der Waals surface area contributed by atoms with Gasteiger partial charge in [-0.2, -0.15) is 0 Å². The van der Waals surface area contributed by atoms with Crippen LogP contribution in [0.4, 0.5) is 5.00 Å². The zero-order valence-corrected chi connectivity index (χ0v) is 13.8. The van der Waals surface area contributed by atoms with Gasteiger partial charge in [0, 0.05) is 11.4 Å². The highest BCUT2D eigenvalue weighted by Gasteiger charge is 2.20. The van der Waals surface area contributed by atoms with Crippen molar-refractivity contribution in [1.29, 1.82) is 0 Å². The Hall–Kier alpha value is -1.07. The molecule has 0 unspecified atom stereocenters. The van der Waals surface area contributed by atoms with Gasteiger partial charge in [0.15, 0.2) is 0 Å². The van der Waals surface area contributed by atoms with Gasteiger partial charge in [0.05, 0.1) is 12.7 Å². The predicted molar refractivity (Wildman–Crippen MR) is 85.5 cm³/mol. The number of carbonyl (C=O) groups excluding carboxylic acids is 1. The third kappa shape index (κ3) is 4.21. The molecule has 0 aromatic carbocycles. The summed E-state index contributed by atoms with van der Waals surface area (Å²) in [6.07, 6.45) is 3.27. The van der Waals surface area contributed by atoms with Crippen molar-refractivity contribution in [3.63, 3.8) is 0 Å². The molecule has 0 aliphatic heterocycles. The molecule has 1 aromatic rings. The zero-order valence-electron chi connectivity index (χ0n) is 13.0. The average Bonchev–Trinajstić information content (AvgIpc) is 2.70. The van der Waals surface area contributed by atoms with E-state index in [1.807, 2.05) is 6.92 Å². The second kappa shape index (κ2) is 8.27. The molecular formula is C15H26N2O2S. The largest absolute Gasteiger partial charge is 0.465 e. The monoisotopic (exact) mass is 298 g/mol. The zero-order chi connectivity index (χ0) is 15.1. The fraction of sp³-hybridized carbons (Fsp3) is 0.667. The topological polar surface area (TPSA) is 55.6 Å². The first-order chi connectivity index (χ1) is 9.54. The Bertz CT molecular complexity index is 437. The number of nitrogens with two attached hydrogens (primary N) is 1. The number of esters is 1. The van der Waals surface area contributed by atoms with Gasteiger partial charge in [-0.15, -0.1) is 11.3 Å². The third-order valence-electron chi connectivity index (χ3n) is 3.40. The van der Waals surface area contributed by atoms with Crippen molar-refractivity contribution in [3.8, 4) is 0 Å². The van der Waals surface area contributed by atoms with Gasteiger partial charge in [0.1, 0.15) is 5.00 Å². The number of carbonyl (C=O) groups is 1. The molecule has 20 heavy (non-hydrogen) atoms. The lowest BCUT2D eigenvalue weighted by atomic mass is 10.1. The molecule has 114 valence electrons. The van der Waals surface area contributed by atoms with Gasteiger partial charge in [-0.05, 0) is 44.8 Å². The van der Waals surface area contributed by atoms with Crippen LogP contribution in [0.15, 0.2) is 0 Å². The molecule has 4 nitrogen and oxygen atoms in total. The molecule has 0 spiro atoms. The normalized spacial score (nSPS) is 11.1. The summed E-state index contributed by atoms with van der Waals surface area (Å²) in [5.74, 6) is -0.332. The second-order valence-corrected chi connectivity index (χ2v) is 6.11. The number of thiophene rings is 1. The van der Waals surface area contributed by atoms with E-state index in [0.717, 1.165) is 31.6 Å². The average molecular weight is 298 g/mol. The molecule has 0 bridgehead atoms. The van der Waals surface area contributed by atoms with Crippen molar-refractivity contribution in [2.45, 2.75) is 40.0 Å². The Morgan fingerprint density at radius 3 is 2.35 bits per heavy atom. The first kappa shape index (κ1) is 17.0. The Kier molecular flexibility index (Phi) is 7.02. The van der Waals surface area contributed by atoms with Crippen molar-refractivity contribution >= 4 is 22.3 Å². The van der Waals surface area contributed by atoms with Gasteiger partial charge in [0.25, 0.3) is 0 Å². The van der Waals surface area contributed by atoms with Crippen molar-refractivity contribution in [3.05, 3.63) is 16.0 Å². The Morgan fingerprint density at radius 2 is 1.85 bits per heavy atom. The van der Waals surface area contributed by atoms with E-state index in [9.17, 15) is 4.79 Å². The van der Waals surface area contributed by atoms with E-state index in [4.69, 9.17) is 10.5 Å².